The van der Waals surface area contributed by atoms with E-state index in [9.17, 15) is 18.0 Å². The molecule has 1 saturated heterocycles. The van der Waals surface area contributed by atoms with Crippen molar-refractivity contribution in [1.29, 1.82) is 0 Å². The summed E-state index contributed by atoms with van der Waals surface area (Å²) in [4.78, 5) is 33.4. The van der Waals surface area contributed by atoms with Crippen LogP contribution in [0.15, 0.2) is 12.5 Å². The van der Waals surface area contributed by atoms with Gasteiger partial charge in [0, 0.05) is 32.4 Å². The molecule has 0 spiro atoms. The first-order chi connectivity index (χ1) is 10.7. The van der Waals surface area contributed by atoms with Crippen molar-refractivity contribution in [3.63, 3.8) is 0 Å². The maximum absolute atomic E-state index is 12.6. The molecule has 23 heavy (non-hydrogen) atoms. The second kappa shape index (κ2) is 6.59. The third-order valence-corrected chi connectivity index (χ3v) is 5.05. The van der Waals surface area contributed by atoms with Crippen LogP contribution < -0.4 is 5.73 Å². The zero-order valence-electron chi connectivity index (χ0n) is 13.0. The van der Waals surface area contributed by atoms with Crippen molar-refractivity contribution in [1.82, 2.24) is 19.2 Å². The van der Waals surface area contributed by atoms with Crippen LogP contribution in [0.4, 0.5) is 0 Å². The van der Waals surface area contributed by atoms with E-state index in [2.05, 4.69) is 9.97 Å². The summed E-state index contributed by atoms with van der Waals surface area (Å²) in [6, 6.07) is 0. The van der Waals surface area contributed by atoms with Crippen molar-refractivity contribution in [3.8, 4) is 0 Å². The third-order valence-electron chi connectivity index (χ3n) is 3.78. The Morgan fingerprint density at radius 3 is 2.57 bits per heavy atom. The molecule has 2 rings (SSSR count). The van der Waals surface area contributed by atoms with Gasteiger partial charge in [0.25, 0.3) is 5.91 Å². The minimum Gasteiger partial charge on any atom is -0.369 e. The smallest absolute Gasteiger partial charge is 0.257 e. The number of aryl methyl sites for hydroxylation is 1. The van der Waals surface area contributed by atoms with Crippen LogP contribution in [0.25, 0.3) is 0 Å². The van der Waals surface area contributed by atoms with Crippen LogP contribution in [0, 0.1) is 12.8 Å². The summed E-state index contributed by atoms with van der Waals surface area (Å²) in [5, 5.41) is 0. The highest BCUT2D eigenvalue weighted by atomic mass is 32.2. The van der Waals surface area contributed by atoms with Crippen molar-refractivity contribution in [2.75, 3.05) is 32.4 Å². The van der Waals surface area contributed by atoms with Gasteiger partial charge in [-0.3, -0.25) is 9.59 Å². The molecule has 0 radical (unpaired) electrons. The number of sulfonamides is 1. The van der Waals surface area contributed by atoms with Crippen LogP contribution in [0.1, 0.15) is 16.1 Å². The van der Waals surface area contributed by atoms with E-state index in [1.807, 2.05) is 0 Å². The summed E-state index contributed by atoms with van der Waals surface area (Å²) in [7, 11) is -3.47. The van der Waals surface area contributed by atoms with Crippen molar-refractivity contribution in [3.05, 3.63) is 23.8 Å². The average molecular weight is 341 g/mol. The van der Waals surface area contributed by atoms with Crippen molar-refractivity contribution in [2.45, 2.75) is 6.92 Å². The normalized spacial score (nSPS) is 20.1. The van der Waals surface area contributed by atoms with Gasteiger partial charge in [-0.15, -0.1) is 0 Å². The molecular weight excluding hydrogens is 322 g/mol. The van der Waals surface area contributed by atoms with E-state index in [4.69, 9.17) is 5.73 Å². The lowest BCUT2D eigenvalue weighted by atomic mass is 10.1. The van der Waals surface area contributed by atoms with Gasteiger partial charge < -0.3 is 10.6 Å². The quantitative estimate of drug-likeness (QED) is 0.721. The maximum atomic E-state index is 12.6. The fourth-order valence-corrected chi connectivity index (χ4v) is 3.29. The molecule has 1 fully saturated rings. The van der Waals surface area contributed by atoms with E-state index < -0.39 is 21.8 Å². The molecule has 1 aromatic rings. The molecule has 126 valence electrons. The SMILES string of the molecule is Cc1ncncc1C(=O)N1CCN(S(C)(=O)=O)C[C@@H](C(N)=O)C1. The van der Waals surface area contributed by atoms with Crippen molar-refractivity contribution >= 4 is 21.8 Å². The number of hydrogen-bond acceptors (Lipinski definition) is 6. The number of hydrogen-bond donors (Lipinski definition) is 1. The first-order valence-corrected chi connectivity index (χ1v) is 8.85. The van der Waals surface area contributed by atoms with Gasteiger partial charge in [0.15, 0.2) is 0 Å². The zero-order chi connectivity index (χ0) is 17.2. The third kappa shape index (κ3) is 4.02. The zero-order valence-corrected chi connectivity index (χ0v) is 13.8. The molecule has 1 atom stereocenters. The molecule has 0 aliphatic carbocycles. The lowest BCUT2D eigenvalue weighted by molar-refractivity contribution is -0.122. The molecular formula is C13H19N5O4S. The monoisotopic (exact) mass is 341 g/mol. The highest BCUT2D eigenvalue weighted by Gasteiger charge is 2.33. The fourth-order valence-electron chi connectivity index (χ4n) is 2.42. The van der Waals surface area contributed by atoms with Gasteiger partial charge in [-0.05, 0) is 6.92 Å². The minimum atomic E-state index is -3.47. The van der Waals surface area contributed by atoms with Crippen LogP contribution in [-0.2, 0) is 14.8 Å². The molecule has 1 aromatic heterocycles. The lowest BCUT2D eigenvalue weighted by Gasteiger charge is -2.22. The van der Waals surface area contributed by atoms with Crippen LogP contribution in [0.2, 0.25) is 0 Å². The molecule has 0 bridgehead atoms. The summed E-state index contributed by atoms with van der Waals surface area (Å²) in [6.45, 7) is 2.00. The van der Waals surface area contributed by atoms with Crippen LogP contribution in [0.3, 0.4) is 0 Å². The van der Waals surface area contributed by atoms with Crippen LogP contribution in [0.5, 0.6) is 0 Å². The topological polar surface area (TPSA) is 127 Å². The van der Waals surface area contributed by atoms with E-state index >= 15 is 0 Å². The van der Waals surface area contributed by atoms with Gasteiger partial charge in [-0.2, -0.15) is 4.31 Å². The molecule has 2 amide bonds. The highest BCUT2D eigenvalue weighted by molar-refractivity contribution is 7.88. The summed E-state index contributed by atoms with van der Waals surface area (Å²) < 4.78 is 24.7. The second-order valence-electron chi connectivity index (χ2n) is 5.49. The predicted molar refractivity (Wildman–Crippen MR) is 81.8 cm³/mol. The average Bonchev–Trinajstić information content (AvgIpc) is 2.70. The van der Waals surface area contributed by atoms with E-state index in [1.54, 1.807) is 6.92 Å². The van der Waals surface area contributed by atoms with Gasteiger partial charge in [-0.25, -0.2) is 18.4 Å². The summed E-state index contributed by atoms with van der Waals surface area (Å²) in [5.41, 5.74) is 6.19. The number of aromatic nitrogens is 2. The van der Waals surface area contributed by atoms with Crippen LogP contribution >= 0.6 is 0 Å². The molecule has 0 unspecified atom stereocenters. The number of nitrogens with two attached hydrogens (primary N) is 1. The predicted octanol–water partition coefficient (Wildman–Crippen LogP) is -1.40. The highest BCUT2D eigenvalue weighted by Crippen LogP contribution is 2.15. The number of carbonyl (C=O) groups excluding carboxylic acids is 2. The molecule has 2 heterocycles. The standard InChI is InChI=1S/C13H19N5O4S/c1-9-11(5-15-8-16-9)13(20)17-3-4-18(23(2,21)22)7-10(6-17)12(14)19/h5,8,10H,3-4,6-7H2,1-2H3,(H2,14,19)/t10-/m0/s1. The van der Waals surface area contributed by atoms with Crippen molar-refractivity contribution in [2.24, 2.45) is 11.7 Å². The van der Waals surface area contributed by atoms with Crippen molar-refractivity contribution < 1.29 is 18.0 Å². The van der Waals surface area contributed by atoms with E-state index in [0.29, 0.717) is 11.3 Å². The number of carbonyl (C=O) groups is 2. The summed E-state index contributed by atoms with van der Waals surface area (Å²) >= 11 is 0. The first kappa shape index (κ1) is 17.3. The Labute approximate surface area is 134 Å². The number of nitrogens with zero attached hydrogens (tertiary/aromatic N) is 4. The van der Waals surface area contributed by atoms with Gasteiger partial charge >= 0.3 is 0 Å². The molecule has 0 aromatic carbocycles. The van der Waals surface area contributed by atoms with Gasteiger partial charge in [-0.1, -0.05) is 0 Å². The Bertz CT molecular complexity index is 721. The van der Waals surface area contributed by atoms with Gasteiger partial charge in [0.2, 0.25) is 15.9 Å². The molecule has 10 heteroatoms. The lowest BCUT2D eigenvalue weighted by Crippen LogP contribution is -2.41. The molecule has 1 aliphatic heterocycles. The Morgan fingerprint density at radius 2 is 2.00 bits per heavy atom. The van der Waals surface area contributed by atoms with E-state index in [0.717, 1.165) is 6.26 Å². The number of primary amides is 1. The number of amides is 2. The van der Waals surface area contributed by atoms with E-state index in [-0.39, 0.29) is 32.1 Å². The molecule has 0 saturated carbocycles. The van der Waals surface area contributed by atoms with Crippen LogP contribution in [-0.4, -0.2) is 71.8 Å². The second-order valence-corrected chi connectivity index (χ2v) is 7.48. The maximum Gasteiger partial charge on any atom is 0.257 e. The molecule has 9 nitrogen and oxygen atoms in total. The first-order valence-electron chi connectivity index (χ1n) is 7.00. The summed E-state index contributed by atoms with van der Waals surface area (Å²) in [5.74, 6) is -1.75. The molecule has 1 aliphatic rings. The molecule has 2 N–H and O–H groups in total. The van der Waals surface area contributed by atoms with Gasteiger partial charge in [0.1, 0.15) is 6.33 Å². The largest absolute Gasteiger partial charge is 0.369 e. The Balaban J connectivity index is 2.28. The Hall–Kier alpha value is -2.07. The van der Waals surface area contributed by atoms with E-state index in [1.165, 1.54) is 21.7 Å². The minimum absolute atomic E-state index is 0.0256. The summed E-state index contributed by atoms with van der Waals surface area (Å²) in [6.07, 6.45) is 3.81. The Morgan fingerprint density at radius 1 is 1.30 bits per heavy atom. The fraction of sp³-hybridized carbons (Fsp3) is 0.538. The van der Waals surface area contributed by atoms with Gasteiger partial charge in [0.05, 0.1) is 23.4 Å². The number of rotatable bonds is 3. The Kier molecular flexibility index (Phi) is 4.95.